The van der Waals surface area contributed by atoms with Crippen LogP contribution in [0.25, 0.3) is 0 Å². The van der Waals surface area contributed by atoms with Gasteiger partial charge < -0.3 is 16.2 Å². The van der Waals surface area contributed by atoms with Crippen LogP contribution in [0.2, 0.25) is 0 Å². The van der Waals surface area contributed by atoms with Gasteiger partial charge in [0.05, 0.1) is 12.1 Å². The van der Waals surface area contributed by atoms with Crippen LogP contribution in [-0.4, -0.2) is 23.2 Å². The molecule has 0 radical (unpaired) electrons. The Bertz CT molecular complexity index is 457. The molecule has 0 aliphatic carbocycles. The van der Waals surface area contributed by atoms with Crippen LogP contribution in [0.3, 0.4) is 0 Å². The summed E-state index contributed by atoms with van der Waals surface area (Å²) in [5.41, 5.74) is 7.29. The van der Waals surface area contributed by atoms with Crippen LogP contribution < -0.4 is 11.1 Å². The summed E-state index contributed by atoms with van der Waals surface area (Å²) in [5, 5.41) is 13.2. The number of aliphatic hydroxyl groups is 1. The molecule has 21 heavy (non-hydrogen) atoms. The van der Waals surface area contributed by atoms with Gasteiger partial charge in [0.15, 0.2) is 5.96 Å². The van der Waals surface area contributed by atoms with E-state index in [0.717, 1.165) is 5.69 Å². The molecular formula is C16H28IN3O. The van der Waals surface area contributed by atoms with Gasteiger partial charge in [0.25, 0.3) is 0 Å². The first kappa shape index (κ1) is 20.2. The Kier molecular flexibility index (Phi) is 8.89. The van der Waals surface area contributed by atoms with Crippen LogP contribution in [-0.2, 0) is 0 Å². The van der Waals surface area contributed by atoms with Gasteiger partial charge in [0.1, 0.15) is 0 Å². The summed E-state index contributed by atoms with van der Waals surface area (Å²) in [6.07, 6.45) is 1.34. The lowest BCUT2D eigenvalue weighted by atomic mass is 9.98. The van der Waals surface area contributed by atoms with Crippen molar-refractivity contribution in [1.82, 2.24) is 0 Å². The quantitative estimate of drug-likeness (QED) is 0.384. The fourth-order valence-electron chi connectivity index (χ4n) is 1.87. The third kappa shape index (κ3) is 6.65. The molecule has 0 fully saturated rings. The first-order valence-electron chi connectivity index (χ1n) is 7.29. The van der Waals surface area contributed by atoms with Crippen LogP contribution in [0.4, 0.5) is 5.69 Å². The zero-order valence-corrected chi connectivity index (χ0v) is 15.7. The summed E-state index contributed by atoms with van der Waals surface area (Å²) in [7, 11) is 0. The highest BCUT2D eigenvalue weighted by atomic mass is 127. The maximum Gasteiger partial charge on any atom is 0.193 e. The van der Waals surface area contributed by atoms with Crippen molar-refractivity contribution in [2.45, 2.75) is 52.1 Å². The molecule has 0 amide bonds. The maximum absolute atomic E-state index is 10.2. The van der Waals surface area contributed by atoms with Crippen molar-refractivity contribution in [3.8, 4) is 0 Å². The van der Waals surface area contributed by atoms with E-state index < -0.39 is 5.60 Å². The molecule has 1 aromatic carbocycles. The summed E-state index contributed by atoms with van der Waals surface area (Å²) in [5.74, 6) is 0.811. The number of nitrogens with one attached hydrogen (secondary N) is 1. The lowest BCUT2D eigenvalue weighted by Crippen LogP contribution is -2.33. The molecular weight excluding hydrogens is 377 g/mol. The van der Waals surface area contributed by atoms with Crippen LogP contribution in [0, 0.1) is 0 Å². The van der Waals surface area contributed by atoms with Gasteiger partial charge >= 0.3 is 0 Å². The zero-order chi connectivity index (χ0) is 15.2. The van der Waals surface area contributed by atoms with Crippen molar-refractivity contribution in [2.75, 3.05) is 11.9 Å². The molecule has 0 aromatic heterocycles. The minimum absolute atomic E-state index is 0. The Labute approximate surface area is 145 Å². The maximum atomic E-state index is 10.2. The van der Waals surface area contributed by atoms with Crippen LogP contribution in [0.15, 0.2) is 29.3 Å². The Balaban J connectivity index is 0.00000400. The third-order valence-corrected chi connectivity index (χ3v) is 3.69. The van der Waals surface area contributed by atoms with Crippen molar-refractivity contribution < 1.29 is 5.11 Å². The number of guanidine groups is 1. The number of anilines is 1. The fourth-order valence-corrected chi connectivity index (χ4v) is 1.87. The van der Waals surface area contributed by atoms with Crippen LogP contribution in [0.5, 0.6) is 0 Å². The highest BCUT2D eigenvalue weighted by Gasteiger charge is 2.21. The van der Waals surface area contributed by atoms with Crippen molar-refractivity contribution >= 4 is 35.6 Å². The molecule has 5 heteroatoms. The van der Waals surface area contributed by atoms with E-state index in [2.05, 4.69) is 36.3 Å². The molecule has 4 nitrogen and oxygen atoms in total. The van der Waals surface area contributed by atoms with Gasteiger partial charge in [0.2, 0.25) is 0 Å². The average Bonchev–Trinajstić information content (AvgIpc) is 2.45. The Hall–Kier alpha value is -0.820. The number of halogens is 1. The van der Waals surface area contributed by atoms with Crippen molar-refractivity contribution in [3.05, 3.63) is 29.8 Å². The monoisotopic (exact) mass is 405 g/mol. The van der Waals surface area contributed by atoms with E-state index in [0.29, 0.717) is 31.3 Å². The highest BCUT2D eigenvalue weighted by molar-refractivity contribution is 14.0. The predicted molar refractivity (Wildman–Crippen MR) is 102 cm³/mol. The second-order valence-electron chi connectivity index (χ2n) is 5.54. The number of benzene rings is 1. The molecule has 120 valence electrons. The molecule has 0 aliphatic heterocycles. The standard InChI is InChI=1S/C16H27N3O.HI/c1-5-16(20,6-2)11-18-15(17)19-14-9-7-8-13(10-14)12(3)4;/h7-10,12,20H,5-6,11H2,1-4H3,(H3,17,18,19);1H. The van der Waals surface area contributed by atoms with Gasteiger partial charge in [-0.15, -0.1) is 24.0 Å². The second-order valence-corrected chi connectivity index (χ2v) is 5.54. The van der Waals surface area contributed by atoms with Gasteiger partial charge in [-0.3, -0.25) is 4.99 Å². The Morgan fingerprint density at radius 3 is 2.48 bits per heavy atom. The summed E-state index contributed by atoms with van der Waals surface area (Å²) < 4.78 is 0. The number of hydrogen-bond donors (Lipinski definition) is 3. The van der Waals surface area contributed by atoms with Gasteiger partial charge in [-0.05, 0) is 36.5 Å². The highest BCUT2D eigenvalue weighted by Crippen LogP contribution is 2.18. The van der Waals surface area contributed by atoms with E-state index in [1.807, 2.05) is 26.0 Å². The largest absolute Gasteiger partial charge is 0.388 e. The van der Waals surface area contributed by atoms with Crippen molar-refractivity contribution in [2.24, 2.45) is 10.7 Å². The van der Waals surface area contributed by atoms with E-state index in [1.54, 1.807) is 0 Å². The molecule has 0 bridgehead atoms. The molecule has 0 saturated heterocycles. The first-order chi connectivity index (χ1) is 9.40. The number of hydrogen-bond acceptors (Lipinski definition) is 2. The molecule has 0 heterocycles. The number of rotatable bonds is 6. The fraction of sp³-hybridized carbons (Fsp3) is 0.562. The SMILES string of the molecule is CCC(O)(CC)CN=C(N)Nc1cccc(C(C)C)c1.I. The van der Waals surface area contributed by atoms with Crippen molar-refractivity contribution in [3.63, 3.8) is 0 Å². The van der Waals surface area contributed by atoms with E-state index >= 15 is 0 Å². The lowest BCUT2D eigenvalue weighted by Gasteiger charge is -2.22. The average molecular weight is 405 g/mol. The number of nitrogens with zero attached hydrogens (tertiary/aromatic N) is 1. The Morgan fingerprint density at radius 2 is 1.95 bits per heavy atom. The number of aliphatic imine (C=N–C) groups is 1. The summed E-state index contributed by atoms with van der Waals surface area (Å²) >= 11 is 0. The lowest BCUT2D eigenvalue weighted by molar-refractivity contribution is 0.0419. The van der Waals surface area contributed by atoms with E-state index in [-0.39, 0.29) is 24.0 Å². The normalized spacial score (nSPS) is 12.2. The second kappa shape index (κ2) is 9.25. The van der Waals surface area contributed by atoms with Crippen LogP contribution >= 0.6 is 24.0 Å². The summed E-state index contributed by atoms with van der Waals surface area (Å²) in [4.78, 5) is 4.24. The molecule has 0 unspecified atom stereocenters. The van der Waals surface area contributed by atoms with Crippen molar-refractivity contribution in [1.29, 1.82) is 0 Å². The first-order valence-corrected chi connectivity index (χ1v) is 7.29. The van der Waals surface area contributed by atoms with E-state index in [4.69, 9.17) is 5.73 Å². The van der Waals surface area contributed by atoms with Gasteiger partial charge in [0, 0.05) is 5.69 Å². The molecule has 0 aliphatic rings. The van der Waals surface area contributed by atoms with Gasteiger partial charge in [-0.2, -0.15) is 0 Å². The minimum atomic E-state index is -0.758. The van der Waals surface area contributed by atoms with E-state index in [1.165, 1.54) is 5.56 Å². The van der Waals surface area contributed by atoms with Gasteiger partial charge in [-0.25, -0.2) is 0 Å². The zero-order valence-electron chi connectivity index (χ0n) is 13.4. The Morgan fingerprint density at radius 1 is 1.33 bits per heavy atom. The molecule has 0 atom stereocenters. The van der Waals surface area contributed by atoms with Gasteiger partial charge in [-0.1, -0.05) is 39.8 Å². The number of nitrogens with two attached hydrogens (primary N) is 1. The molecule has 0 saturated carbocycles. The molecule has 1 aromatic rings. The summed E-state index contributed by atoms with van der Waals surface area (Å²) in [6.45, 7) is 8.53. The predicted octanol–water partition coefficient (Wildman–Crippen LogP) is 3.71. The summed E-state index contributed by atoms with van der Waals surface area (Å²) in [6, 6.07) is 8.12. The van der Waals surface area contributed by atoms with Crippen LogP contribution in [0.1, 0.15) is 52.0 Å². The van der Waals surface area contributed by atoms with E-state index in [9.17, 15) is 5.11 Å². The molecule has 1 rings (SSSR count). The minimum Gasteiger partial charge on any atom is -0.388 e. The molecule has 4 N–H and O–H groups in total. The third-order valence-electron chi connectivity index (χ3n) is 3.69. The molecule has 0 spiro atoms. The topological polar surface area (TPSA) is 70.6 Å². The smallest absolute Gasteiger partial charge is 0.193 e.